The molecule has 1 aromatic carbocycles. The van der Waals surface area contributed by atoms with E-state index in [2.05, 4.69) is 9.97 Å². The number of aromatic nitrogens is 2. The largest absolute Gasteiger partial charge is 0.337 e. The highest BCUT2D eigenvalue weighted by Crippen LogP contribution is 2.22. The first kappa shape index (κ1) is 14.5. The van der Waals surface area contributed by atoms with Crippen LogP contribution in [0.25, 0.3) is 0 Å². The van der Waals surface area contributed by atoms with Crippen molar-refractivity contribution in [3.05, 3.63) is 47.9 Å². The zero-order valence-electron chi connectivity index (χ0n) is 13.0. The van der Waals surface area contributed by atoms with Crippen LogP contribution in [0.15, 0.2) is 36.4 Å². The summed E-state index contributed by atoms with van der Waals surface area (Å²) in [5, 5.41) is 0. The Morgan fingerprint density at radius 1 is 1.14 bits per heavy atom. The number of hydrogen-bond donors (Lipinski definition) is 0. The quantitative estimate of drug-likeness (QED) is 0.874. The molecule has 0 saturated carbocycles. The SMILES string of the molecule is Cc1nc(C(=O)N2CCCC2)cc(N(C)c2ccccc2)n1. The second kappa shape index (κ2) is 6.13. The van der Waals surface area contributed by atoms with Crippen LogP contribution in [0.1, 0.15) is 29.2 Å². The van der Waals surface area contributed by atoms with Crippen molar-refractivity contribution in [1.82, 2.24) is 14.9 Å². The maximum Gasteiger partial charge on any atom is 0.272 e. The molecule has 0 unspecified atom stereocenters. The Bertz CT molecular complexity index is 666. The molecule has 5 heteroatoms. The smallest absolute Gasteiger partial charge is 0.272 e. The average Bonchev–Trinajstić information content (AvgIpc) is 3.08. The van der Waals surface area contributed by atoms with Crippen molar-refractivity contribution >= 4 is 17.4 Å². The third kappa shape index (κ3) is 2.93. The highest BCUT2D eigenvalue weighted by atomic mass is 16.2. The minimum absolute atomic E-state index is 0.00529. The Morgan fingerprint density at radius 3 is 2.50 bits per heavy atom. The van der Waals surface area contributed by atoms with Gasteiger partial charge in [0.25, 0.3) is 5.91 Å². The number of carbonyl (C=O) groups excluding carboxylic acids is 1. The van der Waals surface area contributed by atoms with Crippen molar-refractivity contribution < 1.29 is 4.79 Å². The molecule has 1 amide bonds. The van der Waals surface area contributed by atoms with Gasteiger partial charge in [0.15, 0.2) is 0 Å². The van der Waals surface area contributed by atoms with Crippen LogP contribution >= 0.6 is 0 Å². The lowest BCUT2D eigenvalue weighted by Gasteiger charge is -2.20. The fraction of sp³-hybridized carbons (Fsp3) is 0.353. The number of nitrogens with zero attached hydrogens (tertiary/aromatic N) is 4. The summed E-state index contributed by atoms with van der Waals surface area (Å²) in [6.45, 7) is 3.47. The molecule has 1 aliphatic rings. The van der Waals surface area contributed by atoms with Crippen LogP contribution in [0, 0.1) is 6.92 Å². The van der Waals surface area contributed by atoms with Gasteiger partial charge in [0.05, 0.1) is 0 Å². The van der Waals surface area contributed by atoms with Crippen LogP contribution in [0.2, 0.25) is 0 Å². The number of hydrogen-bond acceptors (Lipinski definition) is 4. The molecule has 0 radical (unpaired) electrons. The van der Waals surface area contributed by atoms with Crippen LogP contribution in [-0.4, -0.2) is 40.9 Å². The lowest BCUT2D eigenvalue weighted by Crippen LogP contribution is -2.29. The van der Waals surface area contributed by atoms with E-state index in [0.717, 1.165) is 37.4 Å². The molecule has 3 rings (SSSR count). The zero-order chi connectivity index (χ0) is 15.5. The van der Waals surface area contributed by atoms with Crippen molar-refractivity contribution in [2.75, 3.05) is 25.0 Å². The molecule has 1 aromatic heterocycles. The van der Waals surface area contributed by atoms with E-state index in [0.29, 0.717) is 11.5 Å². The van der Waals surface area contributed by atoms with E-state index in [9.17, 15) is 4.79 Å². The summed E-state index contributed by atoms with van der Waals surface area (Å²) in [5.41, 5.74) is 1.51. The molecule has 1 fully saturated rings. The van der Waals surface area contributed by atoms with E-state index in [-0.39, 0.29) is 5.91 Å². The summed E-state index contributed by atoms with van der Waals surface area (Å²) in [5.74, 6) is 1.36. The van der Waals surface area contributed by atoms with Gasteiger partial charge in [0.1, 0.15) is 17.3 Å². The maximum absolute atomic E-state index is 12.5. The summed E-state index contributed by atoms with van der Waals surface area (Å²) in [6.07, 6.45) is 2.15. The predicted molar refractivity (Wildman–Crippen MR) is 86.4 cm³/mol. The lowest BCUT2D eigenvalue weighted by molar-refractivity contribution is 0.0786. The first-order chi connectivity index (χ1) is 10.6. The minimum atomic E-state index is 0.00529. The molecule has 114 valence electrons. The molecule has 5 nitrogen and oxygen atoms in total. The maximum atomic E-state index is 12.5. The fourth-order valence-corrected chi connectivity index (χ4v) is 2.70. The number of anilines is 2. The second-order valence-electron chi connectivity index (χ2n) is 5.55. The summed E-state index contributed by atoms with van der Waals surface area (Å²) in [7, 11) is 1.95. The normalized spacial score (nSPS) is 14.2. The number of likely N-dealkylation sites (tertiary alicyclic amines) is 1. The fourth-order valence-electron chi connectivity index (χ4n) is 2.70. The Hall–Kier alpha value is -2.43. The van der Waals surface area contributed by atoms with Gasteiger partial charge in [-0.25, -0.2) is 9.97 Å². The molecule has 1 saturated heterocycles. The number of carbonyl (C=O) groups is 1. The molecule has 0 spiro atoms. The van der Waals surface area contributed by atoms with Gasteiger partial charge in [-0.3, -0.25) is 4.79 Å². The molecular weight excluding hydrogens is 276 g/mol. The highest BCUT2D eigenvalue weighted by Gasteiger charge is 2.22. The Kier molecular flexibility index (Phi) is 4.04. The molecule has 0 N–H and O–H groups in total. The molecule has 2 aromatic rings. The van der Waals surface area contributed by atoms with E-state index in [1.165, 1.54) is 0 Å². The van der Waals surface area contributed by atoms with E-state index < -0.39 is 0 Å². The molecule has 0 atom stereocenters. The topological polar surface area (TPSA) is 49.3 Å². The van der Waals surface area contributed by atoms with Gasteiger partial charge in [0, 0.05) is 31.9 Å². The van der Waals surface area contributed by atoms with E-state index >= 15 is 0 Å². The molecular formula is C17H20N4O. The zero-order valence-corrected chi connectivity index (χ0v) is 13.0. The molecule has 0 bridgehead atoms. The summed E-state index contributed by atoms with van der Waals surface area (Å²) in [4.78, 5) is 25.2. The monoisotopic (exact) mass is 296 g/mol. The van der Waals surface area contributed by atoms with Gasteiger partial charge in [-0.15, -0.1) is 0 Å². The summed E-state index contributed by atoms with van der Waals surface area (Å²) >= 11 is 0. The minimum Gasteiger partial charge on any atom is -0.337 e. The number of benzene rings is 1. The average molecular weight is 296 g/mol. The van der Waals surface area contributed by atoms with Crippen molar-refractivity contribution in [2.24, 2.45) is 0 Å². The third-order valence-electron chi connectivity index (χ3n) is 3.92. The van der Waals surface area contributed by atoms with Crippen molar-refractivity contribution in [3.63, 3.8) is 0 Å². The van der Waals surface area contributed by atoms with Gasteiger partial charge in [-0.1, -0.05) is 18.2 Å². The van der Waals surface area contributed by atoms with Crippen LogP contribution in [0.5, 0.6) is 0 Å². The Labute approximate surface area is 130 Å². The molecule has 2 heterocycles. The van der Waals surface area contributed by atoms with Crippen LogP contribution in [0.4, 0.5) is 11.5 Å². The van der Waals surface area contributed by atoms with E-state index in [1.807, 2.05) is 54.1 Å². The predicted octanol–water partition coefficient (Wildman–Crippen LogP) is 2.79. The number of rotatable bonds is 3. The number of aryl methyl sites for hydroxylation is 1. The Morgan fingerprint density at radius 2 is 1.82 bits per heavy atom. The highest BCUT2D eigenvalue weighted by molar-refractivity contribution is 5.93. The first-order valence-electron chi connectivity index (χ1n) is 7.59. The van der Waals surface area contributed by atoms with Gasteiger partial charge in [-0.2, -0.15) is 0 Å². The summed E-state index contributed by atoms with van der Waals surface area (Å²) in [6, 6.07) is 11.7. The van der Waals surface area contributed by atoms with Crippen molar-refractivity contribution in [2.45, 2.75) is 19.8 Å². The van der Waals surface area contributed by atoms with Gasteiger partial charge >= 0.3 is 0 Å². The Balaban J connectivity index is 1.91. The van der Waals surface area contributed by atoms with Gasteiger partial charge in [-0.05, 0) is 31.9 Å². The van der Waals surface area contributed by atoms with Gasteiger partial charge in [0.2, 0.25) is 0 Å². The van der Waals surface area contributed by atoms with E-state index in [4.69, 9.17) is 0 Å². The van der Waals surface area contributed by atoms with Crippen LogP contribution in [-0.2, 0) is 0 Å². The van der Waals surface area contributed by atoms with Gasteiger partial charge < -0.3 is 9.80 Å². The molecule has 0 aliphatic carbocycles. The standard InChI is InChI=1S/C17H20N4O/c1-13-18-15(17(22)21-10-6-7-11-21)12-16(19-13)20(2)14-8-4-3-5-9-14/h3-5,8-9,12H,6-7,10-11H2,1-2H3. The summed E-state index contributed by atoms with van der Waals surface area (Å²) < 4.78 is 0. The number of amides is 1. The van der Waals surface area contributed by atoms with Crippen molar-refractivity contribution in [1.29, 1.82) is 0 Å². The van der Waals surface area contributed by atoms with Crippen LogP contribution < -0.4 is 4.90 Å². The second-order valence-corrected chi connectivity index (χ2v) is 5.55. The molecule has 1 aliphatic heterocycles. The van der Waals surface area contributed by atoms with Crippen molar-refractivity contribution in [3.8, 4) is 0 Å². The number of para-hydroxylation sites is 1. The third-order valence-corrected chi connectivity index (χ3v) is 3.92. The molecule has 22 heavy (non-hydrogen) atoms. The van der Waals surface area contributed by atoms with E-state index in [1.54, 1.807) is 6.07 Å². The first-order valence-corrected chi connectivity index (χ1v) is 7.59. The van der Waals surface area contributed by atoms with Crippen LogP contribution in [0.3, 0.4) is 0 Å². The lowest BCUT2D eigenvalue weighted by atomic mass is 10.2.